The number of aliphatic hydroxyl groups excluding tert-OH is 1. The molecule has 2 bridgehead atoms. The second-order valence-electron chi connectivity index (χ2n) is 9.66. The zero-order valence-corrected chi connectivity index (χ0v) is 21.3. The highest BCUT2D eigenvalue weighted by Crippen LogP contribution is 2.68. The number of likely N-dealkylation sites (tertiary alicyclic amines) is 1. The minimum Gasteiger partial charge on any atom is -0.396 e. The highest BCUT2D eigenvalue weighted by molar-refractivity contribution is 8.02. The molecule has 0 saturated carbocycles. The van der Waals surface area contributed by atoms with E-state index in [1.807, 2.05) is 6.92 Å². The molecule has 3 unspecified atom stereocenters. The maximum absolute atomic E-state index is 13.9. The Labute approximate surface area is 210 Å². The van der Waals surface area contributed by atoms with Crippen molar-refractivity contribution in [1.82, 2.24) is 10.2 Å². The van der Waals surface area contributed by atoms with E-state index >= 15 is 0 Å². The molecular formula is C25H34ClN3O4S. The number of nitrogens with zero attached hydrogens (tertiary/aromatic N) is 1. The zero-order chi connectivity index (χ0) is 24.5. The van der Waals surface area contributed by atoms with Crippen molar-refractivity contribution in [1.29, 1.82) is 0 Å². The fourth-order valence-corrected chi connectivity index (χ4v) is 8.59. The summed E-state index contributed by atoms with van der Waals surface area (Å²) in [6.07, 6.45) is 3.79. The van der Waals surface area contributed by atoms with Crippen LogP contribution < -0.4 is 10.6 Å². The second kappa shape index (κ2) is 10.5. The van der Waals surface area contributed by atoms with Crippen LogP contribution in [0.5, 0.6) is 0 Å². The highest BCUT2D eigenvalue weighted by atomic mass is 35.5. The molecule has 7 nitrogen and oxygen atoms in total. The van der Waals surface area contributed by atoms with Crippen molar-refractivity contribution in [3.8, 4) is 0 Å². The van der Waals surface area contributed by atoms with E-state index in [0.717, 1.165) is 19.3 Å². The number of unbranched alkanes of at least 4 members (excludes halogenated alkanes) is 2. The van der Waals surface area contributed by atoms with E-state index in [1.165, 1.54) is 0 Å². The quantitative estimate of drug-likeness (QED) is 0.422. The third kappa shape index (κ3) is 4.33. The van der Waals surface area contributed by atoms with E-state index in [-0.39, 0.29) is 35.5 Å². The van der Waals surface area contributed by atoms with Crippen LogP contribution in [-0.4, -0.2) is 63.5 Å². The number of carbonyl (C=O) groups excluding carboxylic acids is 3. The van der Waals surface area contributed by atoms with Gasteiger partial charge >= 0.3 is 0 Å². The molecular weight excluding hydrogens is 474 g/mol. The van der Waals surface area contributed by atoms with Gasteiger partial charge in [0.05, 0.1) is 16.6 Å². The van der Waals surface area contributed by atoms with Gasteiger partial charge in [0.2, 0.25) is 17.7 Å². The summed E-state index contributed by atoms with van der Waals surface area (Å²) < 4.78 is -0.622. The van der Waals surface area contributed by atoms with Gasteiger partial charge in [0.25, 0.3) is 0 Å². The number of rotatable bonds is 10. The first-order valence-corrected chi connectivity index (χ1v) is 13.5. The largest absolute Gasteiger partial charge is 0.396 e. The molecule has 186 valence electrons. The molecule has 3 amide bonds. The second-order valence-corrected chi connectivity index (χ2v) is 11.6. The van der Waals surface area contributed by atoms with Crippen LogP contribution in [0.4, 0.5) is 5.69 Å². The van der Waals surface area contributed by atoms with Crippen molar-refractivity contribution in [2.24, 2.45) is 17.8 Å². The summed E-state index contributed by atoms with van der Waals surface area (Å²) in [5, 5.41) is 15.8. The Morgan fingerprint density at radius 3 is 2.62 bits per heavy atom. The molecule has 9 heteroatoms. The average molecular weight is 508 g/mol. The molecule has 6 atom stereocenters. The lowest BCUT2D eigenvalue weighted by Crippen LogP contribution is -2.55. The molecule has 1 aromatic carbocycles. The smallest absolute Gasteiger partial charge is 0.248 e. The van der Waals surface area contributed by atoms with Crippen molar-refractivity contribution >= 4 is 46.8 Å². The zero-order valence-electron chi connectivity index (χ0n) is 19.8. The molecule has 4 rings (SSSR count). The molecule has 1 aromatic rings. The Balaban J connectivity index is 1.66. The van der Waals surface area contributed by atoms with Gasteiger partial charge in [0.15, 0.2) is 0 Å². The molecule has 34 heavy (non-hydrogen) atoms. The van der Waals surface area contributed by atoms with Gasteiger partial charge in [-0.3, -0.25) is 14.4 Å². The van der Waals surface area contributed by atoms with Crippen LogP contribution >= 0.6 is 23.4 Å². The maximum Gasteiger partial charge on any atom is 0.248 e. The normalized spacial score (nSPS) is 31.6. The van der Waals surface area contributed by atoms with Crippen LogP contribution in [0.1, 0.15) is 46.0 Å². The number of aliphatic hydroxyl groups is 1. The van der Waals surface area contributed by atoms with Gasteiger partial charge in [-0.05, 0) is 62.3 Å². The molecule has 3 N–H and O–H groups in total. The van der Waals surface area contributed by atoms with Gasteiger partial charge in [-0.1, -0.05) is 25.4 Å². The van der Waals surface area contributed by atoms with Crippen LogP contribution in [0, 0.1) is 17.8 Å². The number of fused-ring (bicyclic) bond motifs is 1. The fourth-order valence-electron chi connectivity index (χ4n) is 6.04. The summed E-state index contributed by atoms with van der Waals surface area (Å²) in [6, 6.07) is 6.29. The number of hydrogen-bond donors (Lipinski definition) is 3. The van der Waals surface area contributed by atoms with E-state index in [2.05, 4.69) is 17.6 Å². The van der Waals surface area contributed by atoms with Crippen molar-refractivity contribution < 1.29 is 19.5 Å². The molecule has 3 saturated heterocycles. The van der Waals surface area contributed by atoms with E-state index in [1.54, 1.807) is 40.9 Å². The van der Waals surface area contributed by atoms with Crippen LogP contribution in [0.3, 0.4) is 0 Å². The van der Waals surface area contributed by atoms with Gasteiger partial charge in [-0.2, -0.15) is 0 Å². The highest BCUT2D eigenvalue weighted by Gasteiger charge is 2.75. The molecule has 0 aliphatic carbocycles. The van der Waals surface area contributed by atoms with Crippen molar-refractivity contribution in [3.63, 3.8) is 0 Å². The first-order valence-electron chi connectivity index (χ1n) is 12.3. The third-order valence-corrected chi connectivity index (χ3v) is 9.84. The van der Waals surface area contributed by atoms with Crippen molar-refractivity contribution in [3.05, 3.63) is 29.3 Å². The first-order chi connectivity index (χ1) is 16.3. The maximum atomic E-state index is 13.9. The van der Waals surface area contributed by atoms with Crippen LogP contribution in [0.2, 0.25) is 5.02 Å². The number of nitrogens with one attached hydrogen (secondary N) is 2. The third-order valence-electron chi connectivity index (χ3n) is 7.51. The first kappa shape index (κ1) is 25.3. The predicted octanol–water partition coefficient (Wildman–Crippen LogP) is 3.30. The minimum atomic E-state index is -0.649. The standard InChI is InChI=1S/C25H34ClN3O4S/c1-3-11-27-22(31)19-18-14-15(2)25(34-18)20(19)24(33)29(12-5-4-6-13-30)21(25)23(32)28-17-9-7-16(26)8-10-17/h7-10,15,18-21,30H,3-6,11-14H2,1-2H3,(H,27,31)(H,28,32)/t15?,18-,19+,20-,21?,25?/m0/s1. The number of anilines is 1. The van der Waals surface area contributed by atoms with Gasteiger partial charge in [0, 0.05) is 35.7 Å². The van der Waals surface area contributed by atoms with Gasteiger partial charge < -0.3 is 20.6 Å². The molecule has 0 aromatic heterocycles. The Hall–Kier alpha value is -1.77. The number of benzene rings is 1. The minimum absolute atomic E-state index is 0.0446. The van der Waals surface area contributed by atoms with Gasteiger partial charge in [-0.25, -0.2) is 0 Å². The number of amides is 3. The summed E-state index contributed by atoms with van der Waals surface area (Å²) in [5.74, 6) is -1.13. The van der Waals surface area contributed by atoms with Crippen LogP contribution in [0.15, 0.2) is 24.3 Å². The monoisotopic (exact) mass is 507 g/mol. The number of thioether (sulfide) groups is 1. The molecule has 1 spiro atoms. The molecule has 3 aliphatic heterocycles. The van der Waals surface area contributed by atoms with Crippen molar-refractivity contribution in [2.75, 3.05) is 25.0 Å². The predicted molar refractivity (Wildman–Crippen MR) is 135 cm³/mol. The summed E-state index contributed by atoms with van der Waals surface area (Å²) >= 11 is 7.68. The fraction of sp³-hybridized carbons (Fsp3) is 0.640. The van der Waals surface area contributed by atoms with Crippen LogP contribution in [0.25, 0.3) is 0 Å². The Kier molecular flexibility index (Phi) is 7.79. The lowest BCUT2D eigenvalue weighted by atomic mass is 9.66. The van der Waals surface area contributed by atoms with E-state index < -0.39 is 22.6 Å². The van der Waals surface area contributed by atoms with E-state index in [4.69, 9.17) is 16.7 Å². The topological polar surface area (TPSA) is 98.7 Å². The average Bonchev–Trinajstić information content (AvgIpc) is 3.40. The number of hydrogen-bond acceptors (Lipinski definition) is 5. The lowest BCUT2D eigenvalue weighted by molar-refractivity contribution is -0.139. The van der Waals surface area contributed by atoms with E-state index in [9.17, 15) is 14.4 Å². The summed E-state index contributed by atoms with van der Waals surface area (Å²) in [5.41, 5.74) is 0.629. The summed E-state index contributed by atoms with van der Waals surface area (Å²) in [7, 11) is 0. The summed E-state index contributed by atoms with van der Waals surface area (Å²) in [4.78, 5) is 42.5. The molecule has 0 radical (unpaired) electrons. The molecule has 3 heterocycles. The van der Waals surface area contributed by atoms with Gasteiger partial charge in [-0.15, -0.1) is 11.8 Å². The SMILES string of the molecule is CCCNC(=O)[C@@H]1[C@@H]2CC(C)C3(S2)C(C(=O)Nc2ccc(Cl)cc2)N(CCCCCO)C(=O)[C@H]13. The van der Waals surface area contributed by atoms with Gasteiger partial charge in [0.1, 0.15) is 6.04 Å². The number of carbonyl (C=O) groups is 3. The Morgan fingerprint density at radius 2 is 1.94 bits per heavy atom. The summed E-state index contributed by atoms with van der Waals surface area (Å²) in [6.45, 7) is 5.25. The number of halogens is 1. The molecule has 3 aliphatic rings. The van der Waals surface area contributed by atoms with Crippen molar-refractivity contribution in [2.45, 2.75) is 62.0 Å². The Morgan fingerprint density at radius 1 is 1.21 bits per heavy atom. The van der Waals surface area contributed by atoms with E-state index in [0.29, 0.717) is 36.6 Å². The lowest BCUT2D eigenvalue weighted by Gasteiger charge is -2.38. The Bertz CT molecular complexity index is 929. The molecule has 3 fully saturated rings. The van der Waals surface area contributed by atoms with Crippen LogP contribution in [-0.2, 0) is 14.4 Å².